The Kier molecular flexibility index (Phi) is 5.30. The maximum atomic E-state index is 13.2. The van der Waals surface area contributed by atoms with E-state index < -0.39 is 26.7 Å². The fraction of sp³-hybridized carbons (Fsp3) is 0.182. The van der Waals surface area contributed by atoms with Gasteiger partial charge in [-0.15, -0.1) is 0 Å². The Bertz CT molecular complexity index is 1210. The van der Waals surface area contributed by atoms with Crippen LogP contribution in [-0.4, -0.2) is 28.7 Å². The van der Waals surface area contributed by atoms with Gasteiger partial charge < -0.3 is 9.47 Å². The Morgan fingerprint density at radius 3 is 2.35 bits per heavy atom. The number of alkyl halides is 3. The van der Waals surface area contributed by atoms with Gasteiger partial charge in [0, 0.05) is 0 Å². The van der Waals surface area contributed by atoms with Crippen molar-refractivity contribution >= 4 is 15.7 Å². The van der Waals surface area contributed by atoms with E-state index in [1.807, 2.05) is 12.1 Å². The number of fused-ring (bicyclic) bond motifs is 1. The van der Waals surface area contributed by atoms with Crippen molar-refractivity contribution in [2.75, 3.05) is 24.6 Å². The molecule has 0 saturated carbocycles. The number of halogens is 3. The predicted octanol–water partition coefficient (Wildman–Crippen LogP) is 4.97. The highest BCUT2D eigenvalue weighted by molar-refractivity contribution is 7.92. The molecular weight excluding hydrogens is 431 g/mol. The normalized spacial score (nSPS) is 14.0. The fourth-order valence-electron chi connectivity index (χ4n) is 3.37. The van der Waals surface area contributed by atoms with Crippen LogP contribution in [-0.2, 0) is 16.2 Å². The summed E-state index contributed by atoms with van der Waals surface area (Å²) in [5, 5.41) is 0. The lowest BCUT2D eigenvalue weighted by Gasteiger charge is -2.31. The first-order chi connectivity index (χ1) is 14.7. The summed E-state index contributed by atoms with van der Waals surface area (Å²) in [5.74, 6) is 1.03. The molecule has 0 aliphatic carbocycles. The first kappa shape index (κ1) is 21.0. The number of rotatable bonds is 4. The Hall–Kier alpha value is -3.20. The van der Waals surface area contributed by atoms with E-state index in [1.54, 1.807) is 37.4 Å². The van der Waals surface area contributed by atoms with Crippen LogP contribution in [0.1, 0.15) is 5.56 Å². The molecule has 0 spiro atoms. The van der Waals surface area contributed by atoms with Crippen LogP contribution in [0, 0.1) is 0 Å². The van der Waals surface area contributed by atoms with Crippen LogP contribution in [0.2, 0.25) is 0 Å². The summed E-state index contributed by atoms with van der Waals surface area (Å²) in [6.07, 6.45) is -4.64. The third kappa shape index (κ3) is 4.05. The van der Waals surface area contributed by atoms with Crippen molar-refractivity contribution in [3.05, 3.63) is 72.3 Å². The molecule has 1 heterocycles. The molecule has 0 fully saturated rings. The zero-order valence-corrected chi connectivity index (χ0v) is 17.2. The molecule has 1 aliphatic rings. The number of benzene rings is 3. The summed E-state index contributed by atoms with van der Waals surface area (Å²) in [6, 6.07) is 16.1. The van der Waals surface area contributed by atoms with Gasteiger partial charge in [0.05, 0.1) is 29.8 Å². The molecule has 0 unspecified atom stereocenters. The zero-order chi connectivity index (χ0) is 22.2. The standard InChI is InChI=1S/C22H18F3NO4S/c1-29-18-8-5-15(6-9-18)16-7-10-21-20(13-16)26(11-12-30-21)31(27,28)19-4-2-3-17(14-19)22(23,24)25/h2-10,13-14H,11-12H2,1H3. The van der Waals surface area contributed by atoms with Crippen LogP contribution in [0.5, 0.6) is 11.5 Å². The Balaban J connectivity index is 1.76. The monoisotopic (exact) mass is 449 g/mol. The number of methoxy groups -OCH3 is 1. The van der Waals surface area contributed by atoms with Gasteiger partial charge in [0.2, 0.25) is 0 Å². The van der Waals surface area contributed by atoms with Crippen molar-refractivity contribution in [1.29, 1.82) is 0 Å². The summed E-state index contributed by atoms with van der Waals surface area (Å²) in [6.45, 7) is 0.0741. The van der Waals surface area contributed by atoms with Gasteiger partial charge >= 0.3 is 6.18 Å². The van der Waals surface area contributed by atoms with E-state index in [0.29, 0.717) is 17.6 Å². The molecule has 3 aromatic rings. The minimum absolute atomic E-state index is 0.0162. The van der Waals surface area contributed by atoms with Crippen LogP contribution >= 0.6 is 0 Å². The summed E-state index contributed by atoms with van der Waals surface area (Å²) >= 11 is 0. The second kappa shape index (κ2) is 7.81. The summed E-state index contributed by atoms with van der Waals surface area (Å²) in [5.41, 5.74) is 0.813. The lowest BCUT2D eigenvalue weighted by molar-refractivity contribution is -0.137. The summed E-state index contributed by atoms with van der Waals surface area (Å²) in [4.78, 5) is -0.426. The van der Waals surface area contributed by atoms with E-state index in [0.717, 1.165) is 33.6 Å². The molecule has 0 bridgehead atoms. The van der Waals surface area contributed by atoms with E-state index in [-0.39, 0.29) is 18.8 Å². The van der Waals surface area contributed by atoms with Crippen molar-refractivity contribution in [1.82, 2.24) is 0 Å². The van der Waals surface area contributed by atoms with Crippen molar-refractivity contribution < 1.29 is 31.1 Å². The summed E-state index contributed by atoms with van der Waals surface area (Å²) < 4.78 is 77.6. The van der Waals surface area contributed by atoms with E-state index in [2.05, 4.69) is 0 Å². The lowest BCUT2D eigenvalue weighted by Crippen LogP contribution is -2.38. The molecule has 0 amide bonds. The molecule has 3 aromatic carbocycles. The Morgan fingerprint density at radius 1 is 0.968 bits per heavy atom. The van der Waals surface area contributed by atoms with Gasteiger partial charge in [-0.1, -0.05) is 24.3 Å². The van der Waals surface area contributed by atoms with E-state index in [9.17, 15) is 21.6 Å². The number of sulfonamides is 1. The topological polar surface area (TPSA) is 55.8 Å². The average Bonchev–Trinajstić information content (AvgIpc) is 2.78. The molecule has 0 N–H and O–H groups in total. The second-order valence-corrected chi connectivity index (χ2v) is 8.72. The van der Waals surface area contributed by atoms with E-state index in [1.165, 1.54) is 0 Å². The highest BCUT2D eigenvalue weighted by Crippen LogP contribution is 2.39. The van der Waals surface area contributed by atoms with Gasteiger partial charge in [-0.05, 0) is 53.6 Å². The quantitative estimate of drug-likeness (QED) is 0.565. The minimum atomic E-state index is -4.64. The predicted molar refractivity (Wildman–Crippen MR) is 110 cm³/mol. The van der Waals surface area contributed by atoms with Gasteiger partial charge in [-0.3, -0.25) is 4.31 Å². The first-order valence-corrected chi connectivity index (χ1v) is 10.8. The van der Waals surface area contributed by atoms with E-state index >= 15 is 0 Å². The molecule has 4 rings (SSSR count). The van der Waals surface area contributed by atoms with Crippen molar-refractivity contribution in [3.63, 3.8) is 0 Å². The SMILES string of the molecule is COc1ccc(-c2ccc3c(c2)N(S(=O)(=O)c2cccc(C(F)(F)F)c2)CCO3)cc1. The molecule has 162 valence electrons. The first-order valence-electron chi connectivity index (χ1n) is 9.31. The lowest BCUT2D eigenvalue weighted by atomic mass is 10.0. The van der Waals surface area contributed by atoms with Crippen LogP contribution in [0.15, 0.2) is 71.6 Å². The smallest absolute Gasteiger partial charge is 0.416 e. The molecular formula is C22H18F3NO4S. The number of hydrogen-bond acceptors (Lipinski definition) is 4. The number of hydrogen-bond donors (Lipinski definition) is 0. The highest BCUT2D eigenvalue weighted by Gasteiger charge is 2.34. The maximum Gasteiger partial charge on any atom is 0.416 e. The molecule has 0 saturated heterocycles. The van der Waals surface area contributed by atoms with Crippen LogP contribution in [0.25, 0.3) is 11.1 Å². The Morgan fingerprint density at radius 2 is 1.68 bits per heavy atom. The third-order valence-corrected chi connectivity index (χ3v) is 6.76. The third-order valence-electron chi connectivity index (χ3n) is 4.95. The summed E-state index contributed by atoms with van der Waals surface area (Å²) in [7, 11) is -2.68. The maximum absolute atomic E-state index is 13.2. The molecule has 5 nitrogen and oxygen atoms in total. The fourth-order valence-corrected chi connectivity index (χ4v) is 4.86. The van der Waals surface area contributed by atoms with Gasteiger partial charge in [-0.2, -0.15) is 13.2 Å². The molecule has 0 atom stereocenters. The molecule has 31 heavy (non-hydrogen) atoms. The van der Waals surface area contributed by atoms with Crippen molar-refractivity contribution in [2.24, 2.45) is 0 Å². The number of anilines is 1. The van der Waals surface area contributed by atoms with Gasteiger partial charge in [0.25, 0.3) is 10.0 Å². The molecule has 0 radical (unpaired) electrons. The Labute approximate surface area is 177 Å². The zero-order valence-electron chi connectivity index (χ0n) is 16.4. The second-order valence-electron chi connectivity index (χ2n) is 6.86. The van der Waals surface area contributed by atoms with Crippen molar-refractivity contribution in [3.8, 4) is 22.6 Å². The number of nitrogens with zero attached hydrogens (tertiary/aromatic N) is 1. The average molecular weight is 449 g/mol. The van der Waals surface area contributed by atoms with E-state index in [4.69, 9.17) is 9.47 Å². The van der Waals surface area contributed by atoms with Gasteiger partial charge in [0.1, 0.15) is 18.1 Å². The molecule has 1 aliphatic heterocycles. The number of ether oxygens (including phenoxy) is 2. The van der Waals surface area contributed by atoms with Gasteiger partial charge in [0.15, 0.2) is 0 Å². The van der Waals surface area contributed by atoms with Crippen LogP contribution < -0.4 is 13.8 Å². The largest absolute Gasteiger partial charge is 0.497 e. The van der Waals surface area contributed by atoms with Crippen molar-refractivity contribution in [2.45, 2.75) is 11.1 Å². The minimum Gasteiger partial charge on any atom is -0.497 e. The molecule has 0 aromatic heterocycles. The van der Waals surface area contributed by atoms with Crippen LogP contribution in [0.4, 0.5) is 18.9 Å². The molecule has 9 heteroatoms. The highest BCUT2D eigenvalue weighted by atomic mass is 32.2. The van der Waals surface area contributed by atoms with Gasteiger partial charge in [-0.25, -0.2) is 8.42 Å². The van der Waals surface area contributed by atoms with Crippen LogP contribution in [0.3, 0.4) is 0 Å².